The van der Waals surface area contributed by atoms with Crippen molar-refractivity contribution in [3.8, 4) is 5.75 Å². The van der Waals surface area contributed by atoms with E-state index < -0.39 is 0 Å². The predicted octanol–water partition coefficient (Wildman–Crippen LogP) is 1.37. The van der Waals surface area contributed by atoms with E-state index in [-0.39, 0.29) is 0 Å². The van der Waals surface area contributed by atoms with Crippen LogP contribution >= 0.6 is 0 Å². The van der Waals surface area contributed by atoms with Crippen LogP contribution < -0.4 is 15.4 Å². The highest BCUT2D eigenvalue weighted by Crippen LogP contribution is 2.28. The minimum Gasteiger partial charge on any atom is -0.490 e. The first kappa shape index (κ1) is 13.5. The Kier molecular flexibility index (Phi) is 6.09. The first-order chi connectivity index (χ1) is 8.33. The summed E-state index contributed by atoms with van der Waals surface area (Å²) >= 11 is 0. The van der Waals surface area contributed by atoms with Crippen molar-refractivity contribution in [1.82, 2.24) is 9.97 Å². The van der Waals surface area contributed by atoms with Gasteiger partial charge in [-0.2, -0.15) is 0 Å². The van der Waals surface area contributed by atoms with Crippen LogP contribution in [0.4, 0.5) is 11.6 Å². The van der Waals surface area contributed by atoms with Crippen LogP contribution in [0.2, 0.25) is 0 Å². The van der Waals surface area contributed by atoms with Gasteiger partial charge in [0.15, 0.2) is 11.6 Å². The summed E-state index contributed by atoms with van der Waals surface area (Å²) in [6.45, 7) is 4.24. The van der Waals surface area contributed by atoms with Crippen LogP contribution in [0, 0.1) is 0 Å². The summed E-state index contributed by atoms with van der Waals surface area (Å²) in [6.07, 6.45) is 2.54. The number of methoxy groups -OCH3 is 2. The second-order valence-corrected chi connectivity index (χ2v) is 3.45. The molecule has 0 aliphatic rings. The molecule has 0 aliphatic heterocycles. The van der Waals surface area contributed by atoms with Crippen molar-refractivity contribution in [2.45, 2.75) is 13.3 Å². The maximum Gasteiger partial charge on any atom is 0.204 e. The lowest BCUT2D eigenvalue weighted by atomic mass is 10.4. The van der Waals surface area contributed by atoms with Crippen LogP contribution in [0.15, 0.2) is 6.33 Å². The average molecular weight is 240 g/mol. The number of hydrogen-bond acceptors (Lipinski definition) is 6. The van der Waals surface area contributed by atoms with Gasteiger partial charge in [0.1, 0.15) is 6.33 Å². The van der Waals surface area contributed by atoms with Gasteiger partial charge in [0, 0.05) is 20.2 Å². The van der Waals surface area contributed by atoms with Crippen molar-refractivity contribution >= 4 is 11.6 Å². The molecule has 6 nitrogen and oxygen atoms in total. The molecule has 0 spiro atoms. The maximum absolute atomic E-state index is 5.31. The summed E-state index contributed by atoms with van der Waals surface area (Å²) in [4.78, 5) is 8.30. The Morgan fingerprint density at radius 2 is 1.76 bits per heavy atom. The smallest absolute Gasteiger partial charge is 0.204 e. The van der Waals surface area contributed by atoms with Crippen LogP contribution in [-0.2, 0) is 4.74 Å². The molecule has 0 fully saturated rings. The lowest BCUT2D eigenvalue weighted by Crippen LogP contribution is -2.12. The number of nitrogens with one attached hydrogen (secondary N) is 2. The topological polar surface area (TPSA) is 68.3 Å². The van der Waals surface area contributed by atoms with Crippen molar-refractivity contribution in [3.05, 3.63) is 6.33 Å². The van der Waals surface area contributed by atoms with E-state index in [1.807, 2.05) is 0 Å². The van der Waals surface area contributed by atoms with E-state index in [0.717, 1.165) is 13.0 Å². The SMILES string of the molecule is CCCNc1ncnc(NCCOC)c1OC. The maximum atomic E-state index is 5.31. The molecule has 1 aromatic rings. The molecule has 0 unspecified atom stereocenters. The highest BCUT2D eigenvalue weighted by Gasteiger charge is 2.10. The molecule has 1 aromatic heterocycles. The van der Waals surface area contributed by atoms with Crippen LogP contribution in [0.1, 0.15) is 13.3 Å². The third kappa shape index (κ3) is 4.07. The summed E-state index contributed by atoms with van der Waals surface area (Å²) in [5.41, 5.74) is 0. The van der Waals surface area contributed by atoms with E-state index in [0.29, 0.717) is 30.5 Å². The van der Waals surface area contributed by atoms with Crippen LogP contribution in [0.25, 0.3) is 0 Å². The molecule has 1 heterocycles. The van der Waals surface area contributed by atoms with Crippen molar-refractivity contribution in [2.75, 3.05) is 44.5 Å². The Hall–Kier alpha value is -1.56. The average Bonchev–Trinajstić information content (AvgIpc) is 2.36. The molecule has 0 radical (unpaired) electrons. The van der Waals surface area contributed by atoms with Gasteiger partial charge in [-0.3, -0.25) is 0 Å². The van der Waals surface area contributed by atoms with Gasteiger partial charge in [-0.05, 0) is 6.42 Å². The van der Waals surface area contributed by atoms with Crippen molar-refractivity contribution < 1.29 is 9.47 Å². The summed E-state index contributed by atoms with van der Waals surface area (Å²) in [6, 6.07) is 0. The number of aromatic nitrogens is 2. The van der Waals surface area contributed by atoms with E-state index in [1.54, 1.807) is 14.2 Å². The number of ether oxygens (including phenoxy) is 2. The summed E-state index contributed by atoms with van der Waals surface area (Å²) < 4.78 is 10.3. The fourth-order valence-electron chi connectivity index (χ4n) is 1.33. The molecular weight excluding hydrogens is 220 g/mol. The Morgan fingerprint density at radius 1 is 1.12 bits per heavy atom. The lowest BCUT2D eigenvalue weighted by molar-refractivity contribution is 0.210. The minimum absolute atomic E-state index is 0.616. The zero-order chi connectivity index (χ0) is 12.5. The van der Waals surface area contributed by atoms with E-state index in [2.05, 4.69) is 27.5 Å². The molecule has 0 aliphatic carbocycles. The standard InChI is InChI=1S/C11H20N4O2/c1-4-5-12-10-9(17-3)11(15-8-14-10)13-6-7-16-2/h8H,4-7H2,1-3H3,(H2,12,13,14,15). The number of hydrogen-bond donors (Lipinski definition) is 2. The van der Waals surface area contributed by atoms with Gasteiger partial charge >= 0.3 is 0 Å². The summed E-state index contributed by atoms with van der Waals surface area (Å²) in [5.74, 6) is 2.03. The molecule has 0 amide bonds. The molecule has 17 heavy (non-hydrogen) atoms. The van der Waals surface area contributed by atoms with E-state index in [9.17, 15) is 0 Å². The Bertz CT molecular complexity index is 333. The second kappa shape index (κ2) is 7.67. The van der Waals surface area contributed by atoms with Gasteiger partial charge in [0.25, 0.3) is 0 Å². The van der Waals surface area contributed by atoms with Gasteiger partial charge in [0.2, 0.25) is 5.75 Å². The zero-order valence-electron chi connectivity index (χ0n) is 10.6. The van der Waals surface area contributed by atoms with Crippen LogP contribution in [-0.4, -0.2) is 43.9 Å². The van der Waals surface area contributed by atoms with Crippen molar-refractivity contribution in [3.63, 3.8) is 0 Å². The zero-order valence-corrected chi connectivity index (χ0v) is 10.6. The normalized spacial score (nSPS) is 10.1. The molecular formula is C11H20N4O2. The molecule has 0 aromatic carbocycles. The fraction of sp³-hybridized carbons (Fsp3) is 0.636. The first-order valence-electron chi connectivity index (χ1n) is 5.69. The number of rotatable bonds is 8. The van der Waals surface area contributed by atoms with Gasteiger partial charge in [-0.1, -0.05) is 6.92 Å². The molecule has 0 atom stereocenters. The third-order valence-electron chi connectivity index (χ3n) is 2.15. The first-order valence-corrected chi connectivity index (χ1v) is 5.69. The van der Waals surface area contributed by atoms with E-state index in [1.165, 1.54) is 6.33 Å². The fourth-order valence-corrected chi connectivity index (χ4v) is 1.33. The Morgan fingerprint density at radius 3 is 2.29 bits per heavy atom. The summed E-state index contributed by atoms with van der Waals surface area (Å²) in [7, 11) is 3.27. The molecule has 1 rings (SSSR count). The number of anilines is 2. The minimum atomic E-state index is 0.616. The predicted molar refractivity (Wildman–Crippen MR) is 67.7 cm³/mol. The number of nitrogens with zero attached hydrogens (tertiary/aromatic N) is 2. The largest absolute Gasteiger partial charge is 0.490 e. The Balaban J connectivity index is 2.74. The Labute approximate surface area is 102 Å². The molecule has 0 bridgehead atoms. The third-order valence-corrected chi connectivity index (χ3v) is 2.15. The van der Waals surface area contributed by atoms with Crippen LogP contribution in [0.3, 0.4) is 0 Å². The molecule has 96 valence electrons. The highest BCUT2D eigenvalue weighted by atomic mass is 16.5. The molecule has 0 saturated heterocycles. The van der Waals surface area contributed by atoms with Gasteiger partial charge in [-0.25, -0.2) is 9.97 Å². The van der Waals surface area contributed by atoms with Gasteiger partial charge < -0.3 is 20.1 Å². The van der Waals surface area contributed by atoms with E-state index >= 15 is 0 Å². The molecule has 2 N–H and O–H groups in total. The second-order valence-electron chi connectivity index (χ2n) is 3.45. The van der Waals surface area contributed by atoms with Crippen molar-refractivity contribution in [1.29, 1.82) is 0 Å². The lowest BCUT2D eigenvalue weighted by Gasteiger charge is -2.13. The molecule has 0 saturated carbocycles. The van der Waals surface area contributed by atoms with Crippen molar-refractivity contribution in [2.24, 2.45) is 0 Å². The molecule has 6 heteroatoms. The quantitative estimate of drug-likeness (QED) is 0.669. The summed E-state index contributed by atoms with van der Waals surface area (Å²) in [5, 5.41) is 6.34. The van der Waals surface area contributed by atoms with Gasteiger partial charge in [0.05, 0.1) is 13.7 Å². The van der Waals surface area contributed by atoms with Gasteiger partial charge in [-0.15, -0.1) is 0 Å². The van der Waals surface area contributed by atoms with E-state index in [4.69, 9.17) is 9.47 Å². The highest BCUT2D eigenvalue weighted by molar-refractivity contribution is 5.63. The van der Waals surface area contributed by atoms with Crippen LogP contribution in [0.5, 0.6) is 5.75 Å². The monoisotopic (exact) mass is 240 g/mol.